The van der Waals surface area contributed by atoms with Crippen LogP contribution in [0.25, 0.3) is 0 Å². The van der Waals surface area contributed by atoms with E-state index in [2.05, 4.69) is 24.0 Å². The molecule has 5 heteroatoms. The normalized spacial score (nSPS) is 20.2. The molecule has 0 aromatic heterocycles. The van der Waals surface area contributed by atoms with Crippen LogP contribution in [0.2, 0.25) is 0 Å². The van der Waals surface area contributed by atoms with Gasteiger partial charge >= 0.3 is 0 Å². The number of carbonyl (C=O) groups is 2. The fourth-order valence-electron chi connectivity index (χ4n) is 3.73. The molecular formula is C20H29N3O2. The number of rotatable bonds is 7. The van der Waals surface area contributed by atoms with Gasteiger partial charge in [0.25, 0.3) is 0 Å². The number of nitrogens with two attached hydrogens (primary N) is 1. The Balaban J connectivity index is 1.60. The molecular weight excluding hydrogens is 314 g/mol. The molecule has 2 amide bonds. The molecule has 136 valence electrons. The van der Waals surface area contributed by atoms with E-state index in [-0.39, 0.29) is 23.8 Å². The molecule has 1 saturated heterocycles. The van der Waals surface area contributed by atoms with Gasteiger partial charge in [-0.15, -0.1) is 0 Å². The third kappa shape index (κ3) is 4.82. The number of hydrogen-bond acceptors (Lipinski definition) is 3. The summed E-state index contributed by atoms with van der Waals surface area (Å²) in [7, 11) is 0. The van der Waals surface area contributed by atoms with Crippen molar-refractivity contribution in [2.24, 2.45) is 17.6 Å². The lowest BCUT2D eigenvalue weighted by molar-refractivity contribution is -0.136. The Morgan fingerprint density at radius 3 is 2.36 bits per heavy atom. The van der Waals surface area contributed by atoms with E-state index in [0.29, 0.717) is 19.0 Å². The Morgan fingerprint density at radius 2 is 1.80 bits per heavy atom. The summed E-state index contributed by atoms with van der Waals surface area (Å²) in [6.07, 6.45) is 3.98. The van der Waals surface area contributed by atoms with Crippen molar-refractivity contribution < 1.29 is 9.59 Å². The second-order valence-corrected chi connectivity index (χ2v) is 7.54. The van der Waals surface area contributed by atoms with Gasteiger partial charge in [0.1, 0.15) is 0 Å². The summed E-state index contributed by atoms with van der Waals surface area (Å²) in [5.41, 5.74) is 6.57. The Labute approximate surface area is 150 Å². The minimum atomic E-state index is -0.209. The molecule has 2 aliphatic rings. The van der Waals surface area contributed by atoms with Gasteiger partial charge in [0.05, 0.1) is 6.54 Å². The predicted octanol–water partition coefficient (Wildman–Crippen LogP) is 2.01. The highest BCUT2D eigenvalue weighted by molar-refractivity contribution is 5.79. The molecule has 0 radical (unpaired) electrons. The van der Waals surface area contributed by atoms with Crippen molar-refractivity contribution in [3.63, 3.8) is 0 Å². The van der Waals surface area contributed by atoms with Crippen LogP contribution < -0.4 is 5.73 Å². The van der Waals surface area contributed by atoms with Gasteiger partial charge in [-0.1, -0.05) is 30.3 Å². The van der Waals surface area contributed by atoms with Crippen LogP contribution in [0.4, 0.5) is 0 Å². The lowest BCUT2D eigenvalue weighted by Gasteiger charge is -2.34. The molecule has 1 heterocycles. The van der Waals surface area contributed by atoms with Gasteiger partial charge in [-0.25, -0.2) is 0 Å². The molecule has 1 aromatic rings. The maximum absolute atomic E-state index is 13.0. The van der Waals surface area contributed by atoms with E-state index < -0.39 is 0 Å². The fraction of sp³-hybridized carbons (Fsp3) is 0.600. The van der Waals surface area contributed by atoms with E-state index in [4.69, 9.17) is 5.73 Å². The molecule has 1 aliphatic carbocycles. The first-order valence-electron chi connectivity index (χ1n) is 9.39. The predicted molar refractivity (Wildman–Crippen MR) is 97.5 cm³/mol. The van der Waals surface area contributed by atoms with E-state index in [1.807, 2.05) is 23.1 Å². The maximum atomic E-state index is 13.0. The van der Waals surface area contributed by atoms with Crippen LogP contribution in [0.15, 0.2) is 30.3 Å². The molecule has 2 N–H and O–H groups in total. The molecule has 1 atom stereocenters. The summed E-state index contributed by atoms with van der Waals surface area (Å²) in [5.74, 6) is 0.602. The maximum Gasteiger partial charge on any atom is 0.237 e. The molecule has 0 bridgehead atoms. The Kier molecular flexibility index (Phi) is 5.74. The van der Waals surface area contributed by atoms with E-state index in [0.717, 1.165) is 25.9 Å². The average Bonchev–Trinajstić information content (AvgIpc) is 3.45. The standard InChI is InChI=1S/C20H29N3O2/c1-15(17-7-8-17)23(13-16-5-3-2-4-6-16)19(24)14-22-11-9-18(10-12-22)20(21)25/h2-6,15,17-18H,7-14H2,1H3,(H2,21,25)/t15-/m1/s1. The van der Waals surface area contributed by atoms with Crippen molar-refractivity contribution in [2.45, 2.75) is 45.2 Å². The van der Waals surface area contributed by atoms with E-state index in [1.165, 1.54) is 18.4 Å². The fourth-order valence-corrected chi connectivity index (χ4v) is 3.73. The van der Waals surface area contributed by atoms with E-state index in [9.17, 15) is 9.59 Å². The molecule has 1 saturated carbocycles. The smallest absolute Gasteiger partial charge is 0.237 e. The number of primary amides is 1. The van der Waals surface area contributed by atoms with Crippen molar-refractivity contribution in [1.29, 1.82) is 0 Å². The van der Waals surface area contributed by atoms with Crippen LogP contribution in [0, 0.1) is 11.8 Å². The molecule has 5 nitrogen and oxygen atoms in total. The number of benzene rings is 1. The van der Waals surface area contributed by atoms with Crippen LogP contribution in [0.1, 0.15) is 38.2 Å². The van der Waals surface area contributed by atoms with Crippen molar-refractivity contribution >= 4 is 11.8 Å². The molecule has 3 rings (SSSR count). The SMILES string of the molecule is C[C@H](C1CC1)N(Cc1ccccc1)C(=O)CN1CCC(C(N)=O)CC1. The number of piperidine rings is 1. The Hall–Kier alpha value is -1.88. The first-order valence-corrected chi connectivity index (χ1v) is 9.39. The summed E-state index contributed by atoms with van der Waals surface area (Å²) in [4.78, 5) is 28.5. The highest BCUT2D eigenvalue weighted by Gasteiger charge is 2.35. The molecule has 2 fully saturated rings. The van der Waals surface area contributed by atoms with Gasteiger partial charge in [-0.3, -0.25) is 14.5 Å². The van der Waals surface area contributed by atoms with Crippen molar-refractivity contribution in [2.75, 3.05) is 19.6 Å². The molecule has 0 unspecified atom stereocenters. The van der Waals surface area contributed by atoms with Crippen molar-refractivity contribution in [3.05, 3.63) is 35.9 Å². The summed E-state index contributed by atoms with van der Waals surface area (Å²) in [6.45, 7) is 4.84. The topological polar surface area (TPSA) is 66.6 Å². The van der Waals surface area contributed by atoms with Crippen molar-refractivity contribution in [1.82, 2.24) is 9.80 Å². The zero-order valence-corrected chi connectivity index (χ0v) is 15.1. The first kappa shape index (κ1) is 17.9. The molecule has 0 spiro atoms. The zero-order chi connectivity index (χ0) is 17.8. The van der Waals surface area contributed by atoms with E-state index in [1.54, 1.807) is 0 Å². The summed E-state index contributed by atoms with van der Waals surface area (Å²) >= 11 is 0. The quantitative estimate of drug-likeness (QED) is 0.823. The van der Waals surface area contributed by atoms with Gasteiger partial charge in [-0.05, 0) is 57.2 Å². The van der Waals surface area contributed by atoms with Crippen LogP contribution >= 0.6 is 0 Å². The first-order chi connectivity index (χ1) is 12.0. The van der Waals surface area contributed by atoms with Crippen LogP contribution in [-0.2, 0) is 16.1 Å². The summed E-state index contributed by atoms with van der Waals surface area (Å²) < 4.78 is 0. The number of nitrogens with zero attached hydrogens (tertiary/aromatic N) is 2. The summed E-state index contributed by atoms with van der Waals surface area (Å²) in [5, 5.41) is 0. The number of likely N-dealkylation sites (tertiary alicyclic amines) is 1. The lowest BCUT2D eigenvalue weighted by atomic mass is 9.96. The van der Waals surface area contributed by atoms with Crippen molar-refractivity contribution in [3.8, 4) is 0 Å². The van der Waals surface area contributed by atoms with E-state index >= 15 is 0 Å². The highest BCUT2D eigenvalue weighted by atomic mass is 16.2. The van der Waals surface area contributed by atoms with Gasteiger partial charge in [0.2, 0.25) is 11.8 Å². The molecule has 1 aliphatic heterocycles. The minimum Gasteiger partial charge on any atom is -0.369 e. The summed E-state index contributed by atoms with van der Waals surface area (Å²) in [6, 6.07) is 10.5. The van der Waals surface area contributed by atoms with Gasteiger partial charge in [-0.2, -0.15) is 0 Å². The lowest BCUT2D eigenvalue weighted by Crippen LogP contribution is -2.47. The Bertz CT molecular complexity index is 592. The van der Waals surface area contributed by atoms with Crippen LogP contribution in [0.3, 0.4) is 0 Å². The van der Waals surface area contributed by atoms with Gasteiger partial charge < -0.3 is 10.6 Å². The second-order valence-electron chi connectivity index (χ2n) is 7.54. The number of hydrogen-bond donors (Lipinski definition) is 1. The van der Waals surface area contributed by atoms with Gasteiger partial charge in [0, 0.05) is 18.5 Å². The monoisotopic (exact) mass is 343 g/mol. The zero-order valence-electron chi connectivity index (χ0n) is 15.1. The minimum absolute atomic E-state index is 0.0304. The largest absolute Gasteiger partial charge is 0.369 e. The second kappa shape index (κ2) is 8.00. The average molecular weight is 343 g/mol. The van der Waals surface area contributed by atoms with Crippen LogP contribution in [-0.4, -0.2) is 47.3 Å². The molecule has 1 aromatic carbocycles. The number of carbonyl (C=O) groups excluding carboxylic acids is 2. The van der Waals surface area contributed by atoms with Crippen LogP contribution in [0.5, 0.6) is 0 Å². The van der Waals surface area contributed by atoms with Gasteiger partial charge in [0.15, 0.2) is 0 Å². The third-order valence-corrected chi connectivity index (χ3v) is 5.66. The molecule has 25 heavy (non-hydrogen) atoms. The number of amides is 2. The highest BCUT2D eigenvalue weighted by Crippen LogP contribution is 2.35. The Morgan fingerprint density at radius 1 is 1.16 bits per heavy atom. The third-order valence-electron chi connectivity index (χ3n) is 5.66.